The van der Waals surface area contributed by atoms with E-state index in [1.54, 1.807) is 19.2 Å². The van der Waals surface area contributed by atoms with E-state index in [0.717, 1.165) is 51.5 Å². The van der Waals surface area contributed by atoms with E-state index in [0.29, 0.717) is 18.3 Å². The zero-order valence-electron chi connectivity index (χ0n) is 16.1. The Kier molecular flexibility index (Phi) is 15.4. The number of hydrogen-bond acceptors (Lipinski definition) is 3. The van der Waals surface area contributed by atoms with Crippen LogP contribution >= 0.6 is 24.0 Å². The van der Waals surface area contributed by atoms with Crippen LogP contribution in [0, 0.1) is 11.7 Å². The third-order valence-corrected chi connectivity index (χ3v) is 3.38. The Morgan fingerprint density at radius 1 is 1.04 bits per heavy atom. The fourth-order valence-corrected chi connectivity index (χ4v) is 2.08. The fraction of sp³-hybridized carbons (Fsp3) is 0.632. The van der Waals surface area contributed by atoms with Gasteiger partial charge in [-0.3, -0.25) is 4.99 Å². The van der Waals surface area contributed by atoms with E-state index in [1.165, 1.54) is 12.1 Å². The monoisotopic (exact) mass is 481 g/mol. The molecule has 0 heterocycles. The Hall–Kier alpha value is -1.09. The van der Waals surface area contributed by atoms with Crippen LogP contribution in [-0.2, 0) is 4.74 Å². The van der Waals surface area contributed by atoms with Gasteiger partial charge >= 0.3 is 0 Å². The molecule has 2 N–H and O–H groups in total. The van der Waals surface area contributed by atoms with Gasteiger partial charge in [0.25, 0.3) is 0 Å². The van der Waals surface area contributed by atoms with Crippen LogP contribution < -0.4 is 15.4 Å². The second-order valence-corrected chi connectivity index (χ2v) is 6.26. The number of guanidine groups is 1. The van der Waals surface area contributed by atoms with Gasteiger partial charge in [-0.15, -0.1) is 24.0 Å². The van der Waals surface area contributed by atoms with Gasteiger partial charge in [0.05, 0.1) is 6.61 Å². The molecule has 26 heavy (non-hydrogen) atoms. The summed E-state index contributed by atoms with van der Waals surface area (Å²) >= 11 is 0. The molecule has 0 saturated carbocycles. The topological polar surface area (TPSA) is 54.9 Å². The molecule has 0 amide bonds. The van der Waals surface area contributed by atoms with E-state index >= 15 is 0 Å². The maximum atomic E-state index is 12.8. The summed E-state index contributed by atoms with van der Waals surface area (Å²) in [4.78, 5) is 4.19. The molecule has 1 aromatic rings. The predicted octanol–water partition coefficient (Wildman–Crippen LogP) is 3.83. The van der Waals surface area contributed by atoms with E-state index in [1.807, 2.05) is 0 Å². The summed E-state index contributed by atoms with van der Waals surface area (Å²) in [6.07, 6.45) is 2.85. The minimum absolute atomic E-state index is 0. The number of unbranched alkanes of at least 4 members (excludes halogenated alkanes) is 1. The molecule has 5 nitrogen and oxygen atoms in total. The van der Waals surface area contributed by atoms with Gasteiger partial charge in [0.15, 0.2) is 5.96 Å². The van der Waals surface area contributed by atoms with Crippen molar-refractivity contribution in [2.24, 2.45) is 10.9 Å². The van der Waals surface area contributed by atoms with Crippen molar-refractivity contribution < 1.29 is 13.9 Å². The van der Waals surface area contributed by atoms with Crippen LogP contribution in [0.4, 0.5) is 4.39 Å². The number of benzene rings is 1. The lowest BCUT2D eigenvalue weighted by molar-refractivity contribution is 0.108. The minimum Gasteiger partial charge on any atom is -0.494 e. The lowest BCUT2D eigenvalue weighted by atomic mass is 10.2. The highest BCUT2D eigenvalue weighted by Crippen LogP contribution is 2.11. The highest BCUT2D eigenvalue weighted by molar-refractivity contribution is 14.0. The van der Waals surface area contributed by atoms with Gasteiger partial charge in [-0.25, -0.2) is 4.39 Å². The van der Waals surface area contributed by atoms with Crippen LogP contribution in [0.15, 0.2) is 29.3 Å². The third kappa shape index (κ3) is 13.2. The first-order valence-corrected chi connectivity index (χ1v) is 9.02. The smallest absolute Gasteiger partial charge is 0.190 e. The molecule has 0 saturated heterocycles. The van der Waals surface area contributed by atoms with Crippen molar-refractivity contribution in [1.82, 2.24) is 10.6 Å². The molecule has 0 fully saturated rings. The van der Waals surface area contributed by atoms with Crippen molar-refractivity contribution in [1.29, 1.82) is 0 Å². The Morgan fingerprint density at radius 2 is 1.69 bits per heavy atom. The molecule has 0 aliphatic carbocycles. The Bertz CT molecular complexity index is 484. The second kappa shape index (κ2) is 16.1. The van der Waals surface area contributed by atoms with E-state index in [4.69, 9.17) is 9.47 Å². The first kappa shape index (κ1) is 24.9. The quantitative estimate of drug-likeness (QED) is 0.206. The summed E-state index contributed by atoms with van der Waals surface area (Å²) in [6, 6.07) is 6.09. The molecule has 0 bridgehead atoms. The van der Waals surface area contributed by atoms with Crippen molar-refractivity contribution in [3.05, 3.63) is 30.1 Å². The average molecular weight is 481 g/mol. The van der Waals surface area contributed by atoms with Crippen LogP contribution in [0.3, 0.4) is 0 Å². The van der Waals surface area contributed by atoms with Gasteiger partial charge < -0.3 is 20.1 Å². The third-order valence-electron chi connectivity index (χ3n) is 3.38. The van der Waals surface area contributed by atoms with Crippen molar-refractivity contribution in [2.75, 3.05) is 40.0 Å². The molecule has 1 aromatic carbocycles. The summed E-state index contributed by atoms with van der Waals surface area (Å²) in [7, 11) is 1.77. The van der Waals surface area contributed by atoms with E-state index in [9.17, 15) is 4.39 Å². The molecule has 1 rings (SSSR count). The molecule has 0 spiro atoms. The zero-order valence-corrected chi connectivity index (χ0v) is 18.4. The lowest BCUT2D eigenvalue weighted by Gasteiger charge is -2.12. The Labute approximate surface area is 174 Å². The standard InChI is InChI=1S/C19H32FN3O2.HI/c1-16(2)15-24-13-6-12-23-19(21-3)22-11-4-5-14-25-18-9-7-17(20)8-10-18;/h7-10,16H,4-6,11-15H2,1-3H3,(H2,21,22,23);1H. The van der Waals surface area contributed by atoms with Gasteiger partial charge in [0.2, 0.25) is 0 Å². The zero-order chi connectivity index (χ0) is 18.3. The minimum atomic E-state index is -0.248. The molecular weight excluding hydrogens is 448 g/mol. The molecule has 150 valence electrons. The van der Waals surface area contributed by atoms with E-state index in [2.05, 4.69) is 29.5 Å². The summed E-state index contributed by atoms with van der Waals surface area (Å²) in [6.45, 7) is 8.16. The molecule has 0 unspecified atom stereocenters. The van der Waals surface area contributed by atoms with Gasteiger partial charge in [0.1, 0.15) is 11.6 Å². The van der Waals surface area contributed by atoms with Gasteiger partial charge in [-0.2, -0.15) is 0 Å². The summed E-state index contributed by atoms with van der Waals surface area (Å²) in [5.74, 6) is 1.84. The van der Waals surface area contributed by atoms with Crippen molar-refractivity contribution in [2.45, 2.75) is 33.1 Å². The molecule has 0 aromatic heterocycles. The van der Waals surface area contributed by atoms with E-state index < -0.39 is 0 Å². The first-order chi connectivity index (χ1) is 12.1. The summed E-state index contributed by atoms with van der Waals surface area (Å²) < 4.78 is 23.9. The number of halogens is 2. The Balaban J connectivity index is 0.00000625. The molecular formula is C19H33FIN3O2. The maximum Gasteiger partial charge on any atom is 0.190 e. The molecule has 0 aliphatic heterocycles. The van der Waals surface area contributed by atoms with Crippen LogP contribution in [0.1, 0.15) is 33.1 Å². The number of aliphatic imine (C=N–C) groups is 1. The highest BCUT2D eigenvalue weighted by Gasteiger charge is 1.99. The Morgan fingerprint density at radius 3 is 2.31 bits per heavy atom. The number of hydrogen-bond donors (Lipinski definition) is 2. The summed E-state index contributed by atoms with van der Waals surface area (Å²) in [5.41, 5.74) is 0. The SMILES string of the molecule is CN=C(NCCCCOc1ccc(F)cc1)NCCCOCC(C)C.I. The maximum absolute atomic E-state index is 12.8. The lowest BCUT2D eigenvalue weighted by Crippen LogP contribution is -2.38. The van der Waals surface area contributed by atoms with Gasteiger partial charge in [0, 0.05) is 33.4 Å². The van der Waals surface area contributed by atoms with Crippen LogP contribution in [-0.4, -0.2) is 45.9 Å². The van der Waals surface area contributed by atoms with Gasteiger partial charge in [-0.1, -0.05) is 13.8 Å². The normalized spacial score (nSPS) is 11.2. The first-order valence-electron chi connectivity index (χ1n) is 9.02. The molecule has 0 aliphatic rings. The second-order valence-electron chi connectivity index (χ2n) is 6.26. The van der Waals surface area contributed by atoms with E-state index in [-0.39, 0.29) is 29.8 Å². The van der Waals surface area contributed by atoms with Gasteiger partial charge in [-0.05, 0) is 49.4 Å². The molecule has 0 radical (unpaired) electrons. The van der Waals surface area contributed by atoms with Crippen LogP contribution in [0.25, 0.3) is 0 Å². The fourth-order valence-electron chi connectivity index (χ4n) is 2.08. The number of rotatable bonds is 12. The largest absolute Gasteiger partial charge is 0.494 e. The summed E-state index contributed by atoms with van der Waals surface area (Å²) in [5, 5.41) is 6.55. The number of ether oxygens (including phenoxy) is 2. The van der Waals surface area contributed by atoms with Crippen molar-refractivity contribution in [3.63, 3.8) is 0 Å². The average Bonchev–Trinajstić information content (AvgIpc) is 2.60. The van der Waals surface area contributed by atoms with Crippen LogP contribution in [0.2, 0.25) is 0 Å². The van der Waals surface area contributed by atoms with Crippen LogP contribution in [0.5, 0.6) is 5.75 Å². The van der Waals surface area contributed by atoms with Crippen molar-refractivity contribution in [3.8, 4) is 5.75 Å². The number of nitrogens with one attached hydrogen (secondary N) is 2. The molecule has 7 heteroatoms. The van der Waals surface area contributed by atoms with Crippen molar-refractivity contribution >= 4 is 29.9 Å². The predicted molar refractivity (Wildman–Crippen MR) is 116 cm³/mol. The molecule has 0 atom stereocenters. The number of nitrogens with zero attached hydrogens (tertiary/aromatic N) is 1. The highest BCUT2D eigenvalue weighted by atomic mass is 127.